The molecule has 210 valence electrons. The zero-order valence-electron chi connectivity index (χ0n) is 22.5. The van der Waals surface area contributed by atoms with Crippen molar-refractivity contribution in [3.05, 3.63) is 71.0 Å². The Kier molecular flexibility index (Phi) is 7.14. The number of carbonyl (C=O) groups excluding carboxylic acids is 2. The van der Waals surface area contributed by atoms with Gasteiger partial charge in [0.2, 0.25) is 11.9 Å². The van der Waals surface area contributed by atoms with E-state index >= 15 is 0 Å². The number of ether oxygens (including phenoxy) is 1. The molecule has 4 heterocycles. The lowest BCUT2D eigenvalue weighted by Crippen LogP contribution is -2.44. The molecule has 1 atom stereocenters. The molecule has 13 heteroatoms. The van der Waals surface area contributed by atoms with Crippen LogP contribution in [0.5, 0.6) is 0 Å². The van der Waals surface area contributed by atoms with E-state index in [1.807, 2.05) is 67.2 Å². The second kappa shape index (κ2) is 11.0. The average molecular weight is 574 g/mol. The average Bonchev–Trinajstić information content (AvgIpc) is 3.54. The summed E-state index contributed by atoms with van der Waals surface area (Å²) in [4.78, 5) is 37.1. The van der Waals surface area contributed by atoms with Gasteiger partial charge >= 0.3 is 6.09 Å². The van der Waals surface area contributed by atoms with Gasteiger partial charge in [0.15, 0.2) is 11.5 Å². The summed E-state index contributed by atoms with van der Waals surface area (Å²) in [6.07, 6.45) is 1.39. The molecule has 2 N–H and O–H groups in total. The lowest BCUT2D eigenvalue weighted by atomic mass is 10.2. The second-order valence-electron chi connectivity index (χ2n) is 9.70. The molecule has 1 aliphatic rings. The van der Waals surface area contributed by atoms with E-state index in [9.17, 15) is 9.59 Å². The molecule has 0 saturated carbocycles. The molecular formula is C28H28ClN9O3. The molecule has 2 amide bonds. The van der Waals surface area contributed by atoms with Crippen molar-refractivity contribution in [1.82, 2.24) is 39.6 Å². The fraction of sp³-hybridized carbons (Fsp3) is 0.286. The van der Waals surface area contributed by atoms with Crippen molar-refractivity contribution in [2.75, 3.05) is 25.0 Å². The number of halogens is 1. The summed E-state index contributed by atoms with van der Waals surface area (Å²) >= 11 is 6.54. The van der Waals surface area contributed by atoms with Gasteiger partial charge in [0.05, 0.1) is 28.3 Å². The highest BCUT2D eigenvalue weighted by atomic mass is 35.5. The number of anilines is 1. The Hall–Kier alpha value is -4.71. The maximum Gasteiger partial charge on any atom is 0.410 e. The third kappa shape index (κ3) is 5.25. The number of amides is 2. The SMILES string of the molecule is CCn1cc(-c2nc3c4cccc(Cl)c4nc(N[C@@H]4CN(C(=O)OCc5ccccc5)CCNC4=O)n3n2)c(C)n1. The van der Waals surface area contributed by atoms with Gasteiger partial charge in [-0.1, -0.05) is 48.0 Å². The molecule has 5 aromatic rings. The quantitative estimate of drug-likeness (QED) is 0.314. The van der Waals surface area contributed by atoms with Gasteiger partial charge in [-0.15, -0.1) is 5.10 Å². The number of para-hydroxylation sites is 1. The largest absolute Gasteiger partial charge is 0.445 e. The molecule has 0 aliphatic carbocycles. The van der Waals surface area contributed by atoms with Crippen LogP contribution in [0.3, 0.4) is 0 Å². The topological polar surface area (TPSA) is 132 Å². The van der Waals surface area contributed by atoms with Gasteiger partial charge in [0.1, 0.15) is 12.6 Å². The summed E-state index contributed by atoms with van der Waals surface area (Å²) in [6.45, 7) is 5.41. The molecule has 0 spiro atoms. The van der Waals surface area contributed by atoms with Crippen LogP contribution in [0.4, 0.5) is 10.7 Å². The third-order valence-corrected chi connectivity index (χ3v) is 7.24. The lowest BCUT2D eigenvalue weighted by molar-refractivity contribution is -0.121. The Morgan fingerprint density at radius 2 is 1.98 bits per heavy atom. The van der Waals surface area contributed by atoms with Crippen LogP contribution < -0.4 is 10.6 Å². The van der Waals surface area contributed by atoms with Gasteiger partial charge in [-0.3, -0.25) is 9.48 Å². The summed E-state index contributed by atoms with van der Waals surface area (Å²) in [5, 5.41) is 16.5. The Labute approximate surface area is 240 Å². The summed E-state index contributed by atoms with van der Waals surface area (Å²) in [7, 11) is 0. The van der Waals surface area contributed by atoms with Gasteiger partial charge in [-0.25, -0.2) is 14.8 Å². The standard InChI is InChI=1S/C28H28ClN9O3/c1-3-37-14-20(17(2)34-37)24-33-25-19-10-7-11-21(29)23(19)32-27(38(25)35-24)31-22-15-36(13-12-30-26(22)39)28(40)41-16-18-8-5-4-6-9-18/h4-11,14,22H,3,12-13,15-16H2,1-2H3,(H,30,39)(H,31,32)/t22-/m1/s1. The smallest absolute Gasteiger partial charge is 0.410 e. The number of rotatable bonds is 6. The van der Waals surface area contributed by atoms with Gasteiger partial charge in [0, 0.05) is 31.2 Å². The van der Waals surface area contributed by atoms with Crippen molar-refractivity contribution in [3.63, 3.8) is 0 Å². The maximum atomic E-state index is 13.1. The Morgan fingerprint density at radius 1 is 1.15 bits per heavy atom. The van der Waals surface area contributed by atoms with Crippen LogP contribution in [0.15, 0.2) is 54.7 Å². The second-order valence-corrected chi connectivity index (χ2v) is 10.1. The normalized spacial score (nSPS) is 15.6. The summed E-state index contributed by atoms with van der Waals surface area (Å²) in [5.74, 6) is 0.452. The Balaban J connectivity index is 1.34. The highest BCUT2D eigenvalue weighted by Crippen LogP contribution is 2.29. The van der Waals surface area contributed by atoms with Crippen molar-refractivity contribution >= 4 is 46.1 Å². The number of hydrogen-bond acceptors (Lipinski definition) is 8. The fourth-order valence-electron chi connectivity index (χ4n) is 4.78. The molecule has 41 heavy (non-hydrogen) atoms. The Bertz CT molecular complexity index is 1750. The highest BCUT2D eigenvalue weighted by Gasteiger charge is 2.30. The lowest BCUT2D eigenvalue weighted by Gasteiger charge is -2.23. The van der Waals surface area contributed by atoms with Crippen LogP contribution in [0.25, 0.3) is 27.9 Å². The molecule has 0 radical (unpaired) electrons. The van der Waals surface area contributed by atoms with Crippen LogP contribution in [0.1, 0.15) is 18.2 Å². The van der Waals surface area contributed by atoms with Crippen LogP contribution >= 0.6 is 11.6 Å². The molecule has 1 aliphatic heterocycles. The molecular weight excluding hydrogens is 546 g/mol. The molecule has 2 aromatic carbocycles. The summed E-state index contributed by atoms with van der Waals surface area (Å²) in [5.41, 5.74) is 3.49. The van der Waals surface area contributed by atoms with Crippen molar-refractivity contribution in [2.45, 2.75) is 33.0 Å². The third-order valence-electron chi connectivity index (χ3n) is 6.93. The molecule has 12 nitrogen and oxygen atoms in total. The number of nitrogens with one attached hydrogen (secondary N) is 2. The first-order valence-electron chi connectivity index (χ1n) is 13.3. The first-order chi connectivity index (χ1) is 19.9. The number of carbonyl (C=O) groups is 2. The molecule has 0 bridgehead atoms. The van der Waals surface area contributed by atoms with Gasteiger partial charge < -0.3 is 20.3 Å². The molecule has 6 rings (SSSR count). The predicted octanol–water partition coefficient (Wildman–Crippen LogP) is 3.67. The van der Waals surface area contributed by atoms with Gasteiger partial charge in [0.25, 0.3) is 0 Å². The number of benzene rings is 2. The van der Waals surface area contributed by atoms with E-state index in [0.717, 1.165) is 16.8 Å². The van der Waals surface area contributed by atoms with E-state index in [1.54, 1.807) is 10.6 Å². The summed E-state index contributed by atoms with van der Waals surface area (Å²) < 4.78 is 8.91. The van der Waals surface area contributed by atoms with E-state index in [2.05, 4.69) is 15.7 Å². The van der Waals surface area contributed by atoms with Gasteiger partial charge in [-0.05, 0) is 31.5 Å². The number of nitrogens with zero attached hydrogens (tertiary/aromatic N) is 7. The number of fused-ring (bicyclic) bond motifs is 3. The number of aromatic nitrogens is 6. The minimum atomic E-state index is -0.838. The summed E-state index contributed by atoms with van der Waals surface area (Å²) in [6, 6.07) is 14.0. The van der Waals surface area contributed by atoms with E-state index in [4.69, 9.17) is 31.4 Å². The van der Waals surface area contributed by atoms with Crippen LogP contribution in [0.2, 0.25) is 5.02 Å². The minimum absolute atomic E-state index is 0.0626. The van der Waals surface area contributed by atoms with Crippen molar-refractivity contribution < 1.29 is 14.3 Å². The van der Waals surface area contributed by atoms with E-state index in [1.165, 1.54) is 4.90 Å². The van der Waals surface area contributed by atoms with Crippen LogP contribution in [-0.2, 0) is 22.7 Å². The van der Waals surface area contributed by atoms with E-state index in [-0.39, 0.29) is 31.6 Å². The molecule has 1 fully saturated rings. The predicted molar refractivity (Wildman–Crippen MR) is 154 cm³/mol. The monoisotopic (exact) mass is 573 g/mol. The zero-order valence-corrected chi connectivity index (χ0v) is 23.3. The van der Waals surface area contributed by atoms with Crippen LogP contribution in [0, 0.1) is 6.92 Å². The number of hydrogen-bond donors (Lipinski definition) is 2. The maximum absolute atomic E-state index is 13.1. The molecule has 0 unspecified atom stereocenters. The first kappa shape index (κ1) is 26.5. The number of aryl methyl sites for hydroxylation is 2. The van der Waals surface area contributed by atoms with Crippen molar-refractivity contribution in [1.29, 1.82) is 0 Å². The fourth-order valence-corrected chi connectivity index (χ4v) is 5.00. The van der Waals surface area contributed by atoms with Crippen molar-refractivity contribution in [2.24, 2.45) is 0 Å². The van der Waals surface area contributed by atoms with Gasteiger partial charge in [-0.2, -0.15) is 9.61 Å². The Morgan fingerprint density at radius 3 is 2.76 bits per heavy atom. The molecule has 1 saturated heterocycles. The first-order valence-corrected chi connectivity index (χ1v) is 13.7. The molecule has 3 aromatic heterocycles. The van der Waals surface area contributed by atoms with Crippen molar-refractivity contribution in [3.8, 4) is 11.4 Å². The van der Waals surface area contributed by atoms with E-state index in [0.29, 0.717) is 40.5 Å². The zero-order chi connectivity index (χ0) is 28.5. The van der Waals surface area contributed by atoms with Crippen LogP contribution in [-0.4, -0.2) is 71.9 Å². The minimum Gasteiger partial charge on any atom is -0.445 e. The highest BCUT2D eigenvalue weighted by molar-refractivity contribution is 6.35. The van der Waals surface area contributed by atoms with E-state index < -0.39 is 12.1 Å².